The van der Waals surface area contributed by atoms with Crippen molar-refractivity contribution in [3.05, 3.63) is 53.6 Å². The molecule has 0 saturated heterocycles. The normalized spacial score (nSPS) is 18.3. The Labute approximate surface area is 157 Å². The smallest absolute Gasteiger partial charge is 0.246 e. The molecule has 1 atom stereocenters. The first kappa shape index (κ1) is 17.5. The van der Waals surface area contributed by atoms with Gasteiger partial charge in [-0.2, -0.15) is 0 Å². The lowest BCUT2D eigenvalue weighted by atomic mass is 9.83. The minimum Gasteiger partial charge on any atom is -0.457 e. The summed E-state index contributed by atoms with van der Waals surface area (Å²) in [5, 5.41) is 11.7. The average molecular weight is 366 g/mol. The Hall–Kier alpha value is -2.86. The number of ether oxygens (including phenoxy) is 1. The van der Waals surface area contributed by atoms with Gasteiger partial charge in [-0.05, 0) is 79.6 Å². The van der Waals surface area contributed by atoms with Gasteiger partial charge in [0.05, 0.1) is 0 Å². The Morgan fingerprint density at radius 1 is 0.889 bits per heavy atom. The molecule has 140 valence electrons. The fourth-order valence-corrected chi connectivity index (χ4v) is 3.44. The predicted molar refractivity (Wildman–Crippen MR) is 99.8 cm³/mol. The molecule has 0 aromatic heterocycles. The van der Waals surface area contributed by atoms with E-state index in [4.69, 9.17) is 9.94 Å². The van der Waals surface area contributed by atoms with Crippen LogP contribution >= 0.6 is 0 Å². The van der Waals surface area contributed by atoms with E-state index in [1.165, 1.54) is 5.56 Å². The van der Waals surface area contributed by atoms with Crippen LogP contribution in [0.25, 0.3) is 0 Å². The van der Waals surface area contributed by atoms with E-state index in [0.717, 1.165) is 36.9 Å². The first-order valence-electron chi connectivity index (χ1n) is 9.27. The van der Waals surface area contributed by atoms with Crippen molar-refractivity contribution in [2.45, 2.75) is 32.1 Å². The summed E-state index contributed by atoms with van der Waals surface area (Å²) < 4.78 is 5.92. The van der Waals surface area contributed by atoms with E-state index < -0.39 is 0 Å². The molecule has 2 aromatic rings. The molecule has 6 heteroatoms. The number of benzene rings is 2. The zero-order valence-corrected chi connectivity index (χ0v) is 14.9. The largest absolute Gasteiger partial charge is 0.457 e. The van der Waals surface area contributed by atoms with E-state index >= 15 is 0 Å². The van der Waals surface area contributed by atoms with Crippen molar-refractivity contribution >= 4 is 17.5 Å². The molecule has 1 unspecified atom stereocenters. The third-order valence-corrected chi connectivity index (χ3v) is 5.19. The summed E-state index contributed by atoms with van der Waals surface area (Å²) in [7, 11) is 0. The minimum atomic E-state index is -0.337. The van der Waals surface area contributed by atoms with Gasteiger partial charge < -0.3 is 10.1 Å². The number of carbonyl (C=O) groups excluding carboxylic acids is 2. The molecule has 0 heterocycles. The summed E-state index contributed by atoms with van der Waals surface area (Å²) in [6, 6.07) is 13.2. The van der Waals surface area contributed by atoms with Gasteiger partial charge in [0.2, 0.25) is 11.8 Å². The van der Waals surface area contributed by atoms with Gasteiger partial charge in [-0.15, -0.1) is 0 Å². The Bertz CT molecular complexity index is 859. The molecule has 0 aliphatic heterocycles. The topological polar surface area (TPSA) is 87.7 Å². The maximum atomic E-state index is 11.8. The third kappa shape index (κ3) is 4.11. The number of hydrogen-bond acceptors (Lipinski definition) is 4. The summed E-state index contributed by atoms with van der Waals surface area (Å²) in [6.07, 6.45) is 4.08. The SMILES string of the molecule is O=C(NO)C1CCc2ccc(Oc3ccc(NC(=O)C4CC4)cc3)cc2C1. The monoisotopic (exact) mass is 366 g/mol. The Morgan fingerprint density at radius 2 is 1.63 bits per heavy atom. The molecular formula is C21H22N2O4. The number of hydroxylamine groups is 1. The number of hydrogen-bond donors (Lipinski definition) is 3. The second-order valence-corrected chi connectivity index (χ2v) is 7.24. The Kier molecular flexibility index (Phi) is 4.81. The second kappa shape index (κ2) is 7.40. The molecule has 27 heavy (non-hydrogen) atoms. The summed E-state index contributed by atoms with van der Waals surface area (Å²) in [6.45, 7) is 0. The van der Waals surface area contributed by atoms with E-state index in [-0.39, 0.29) is 23.7 Å². The van der Waals surface area contributed by atoms with Crippen LogP contribution in [0.5, 0.6) is 11.5 Å². The quantitative estimate of drug-likeness (QED) is 0.559. The third-order valence-electron chi connectivity index (χ3n) is 5.19. The van der Waals surface area contributed by atoms with E-state index in [0.29, 0.717) is 17.9 Å². The molecule has 2 amide bonds. The van der Waals surface area contributed by atoms with E-state index in [9.17, 15) is 9.59 Å². The number of aryl methyl sites for hydroxylation is 1. The van der Waals surface area contributed by atoms with E-state index in [2.05, 4.69) is 5.32 Å². The zero-order valence-electron chi connectivity index (χ0n) is 14.9. The van der Waals surface area contributed by atoms with Crippen LogP contribution in [-0.2, 0) is 22.4 Å². The first-order valence-corrected chi connectivity index (χ1v) is 9.27. The average Bonchev–Trinajstić information content (AvgIpc) is 3.54. The van der Waals surface area contributed by atoms with Gasteiger partial charge in [0.25, 0.3) is 0 Å². The number of carbonyl (C=O) groups is 2. The molecule has 6 nitrogen and oxygen atoms in total. The molecule has 1 fully saturated rings. The number of nitrogens with one attached hydrogen (secondary N) is 2. The van der Waals surface area contributed by atoms with Crippen molar-refractivity contribution in [3.8, 4) is 11.5 Å². The molecule has 1 saturated carbocycles. The van der Waals surface area contributed by atoms with Gasteiger partial charge in [-0.1, -0.05) is 6.07 Å². The maximum Gasteiger partial charge on any atom is 0.246 e. The van der Waals surface area contributed by atoms with Crippen LogP contribution in [0.2, 0.25) is 0 Å². The van der Waals surface area contributed by atoms with Gasteiger partial charge in [0, 0.05) is 17.5 Å². The molecule has 3 N–H and O–H groups in total. The first-order chi connectivity index (χ1) is 13.1. The molecule has 0 radical (unpaired) electrons. The Morgan fingerprint density at radius 3 is 2.33 bits per heavy atom. The lowest BCUT2D eigenvalue weighted by Crippen LogP contribution is -2.31. The van der Waals surface area contributed by atoms with Crippen LogP contribution in [-0.4, -0.2) is 17.0 Å². The highest BCUT2D eigenvalue weighted by molar-refractivity contribution is 5.94. The van der Waals surface area contributed by atoms with Gasteiger partial charge in [0.1, 0.15) is 11.5 Å². The predicted octanol–water partition coefficient (Wildman–Crippen LogP) is 3.44. The number of amides is 2. The molecule has 0 bridgehead atoms. The van der Waals surface area contributed by atoms with Crippen LogP contribution in [0.1, 0.15) is 30.4 Å². The lowest BCUT2D eigenvalue weighted by Gasteiger charge is -2.23. The van der Waals surface area contributed by atoms with Crippen molar-refractivity contribution in [1.82, 2.24) is 5.48 Å². The van der Waals surface area contributed by atoms with Crippen molar-refractivity contribution in [2.75, 3.05) is 5.32 Å². The number of fused-ring (bicyclic) bond motifs is 1. The van der Waals surface area contributed by atoms with Crippen molar-refractivity contribution in [2.24, 2.45) is 11.8 Å². The zero-order chi connectivity index (χ0) is 18.8. The fourth-order valence-electron chi connectivity index (χ4n) is 3.44. The highest BCUT2D eigenvalue weighted by atomic mass is 16.5. The van der Waals surface area contributed by atoms with E-state index in [1.807, 2.05) is 42.5 Å². The van der Waals surface area contributed by atoms with Gasteiger partial charge in [-0.3, -0.25) is 14.8 Å². The molecule has 2 aliphatic rings. The van der Waals surface area contributed by atoms with Crippen molar-refractivity contribution in [1.29, 1.82) is 0 Å². The van der Waals surface area contributed by atoms with Gasteiger partial charge in [0.15, 0.2) is 0 Å². The van der Waals surface area contributed by atoms with Gasteiger partial charge in [-0.25, -0.2) is 5.48 Å². The molecule has 2 aromatic carbocycles. The molecule has 2 aliphatic carbocycles. The fraction of sp³-hybridized carbons (Fsp3) is 0.333. The van der Waals surface area contributed by atoms with Crippen molar-refractivity contribution in [3.63, 3.8) is 0 Å². The van der Waals surface area contributed by atoms with Crippen LogP contribution in [0, 0.1) is 11.8 Å². The summed E-state index contributed by atoms with van der Waals surface area (Å²) in [5.74, 6) is 1.09. The minimum absolute atomic E-state index is 0.0832. The van der Waals surface area contributed by atoms with Crippen LogP contribution in [0.4, 0.5) is 5.69 Å². The number of rotatable bonds is 5. The molecule has 0 spiro atoms. The standard InChI is InChI=1S/C21H22N2O4/c24-20(14-2-3-14)22-17-6-9-18(10-7-17)27-19-8-5-13-1-4-15(21(25)23-26)11-16(13)12-19/h5-10,12,14-15,26H,1-4,11H2,(H,22,24)(H,23,25). The second-order valence-electron chi connectivity index (χ2n) is 7.24. The van der Waals surface area contributed by atoms with E-state index in [1.54, 1.807) is 5.48 Å². The molecule has 4 rings (SSSR count). The highest BCUT2D eigenvalue weighted by Gasteiger charge is 2.29. The lowest BCUT2D eigenvalue weighted by molar-refractivity contribution is -0.133. The van der Waals surface area contributed by atoms with Crippen LogP contribution < -0.4 is 15.5 Å². The summed E-state index contributed by atoms with van der Waals surface area (Å²) in [4.78, 5) is 23.5. The molecular weight excluding hydrogens is 344 g/mol. The van der Waals surface area contributed by atoms with Crippen LogP contribution in [0.3, 0.4) is 0 Å². The summed E-state index contributed by atoms with van der Waals surface area (Å²) in [5.41, 5.74) is 4.80. The maximum absolute atomic E-state index is 11.8. The highest BCUT2D eigenvalue weighted by Crippen LogP contribution is 2.32. The van der Waals surface area contributed by atoms with Crippen molar-refractivity contribution < 1.29 is 19.5 Å². The van der Waals surface area contributed by atoms with Crippen LogP contribution in [0.15, 0.2) is 42.5 Å². The van der Waals surface area contributed by atoms with Gasteiger partial charge >= 0.3 is 0 Å². The Balaban J connectivity index is 1.42. The number of anilines is 1. The summed E-state index contributed by atoms with van der Waals surface area (Å²) >= 11 is 0.